The van der Waals surface area contributed by atoms with Crippen molar-refractivity contribution in [2.24, 2.45) is 0 Å². The van der Waals surface area contributed by atoms with E-state index in [0.29, 0.717) is 6.29 Å². The molecule has 1 saturated heterocycles. The molecule has 1 aliphatic heterocycles. The molecule has 0 amide bonds. The molecule has 29 heavy (non-hydrogen) atoms. The highest BCUT2D eigenvalue weighted by molar-refractivity contribution is 7.91. The monoisotopic (exact) mass is 410 g/mol. The smallest absolute Gasteiger partial charge is 0.302 e. The number of aromatic hydroxyl groups is 1. The first-order chi connectivity index (χ1) is 14.0. The van der Waals surface area contributed by atoms with Crippen LogP contribution in [-0.4, -0.2) is 32.4 Å². The van der Waals surface area contributed by atoms with Crippen molar-refractivity contribution in [2.75, 3.05) is 10.8 Å². The van der Waals surface area contributed by atoms with Gasteiger partial charge >= 0.3 is 10.2 Å². The molecule has 0 saturated carbocycles. The van der Waals surface area contributed by atoms with Crippen molar-refractivity contribution in [1.82, 2.24) is 4.72 Å². The first-order valence-corrected chi connectivity index (χ1v) is 11.0. The molecule has 6 nitrogen and oxygen atoms in total. The number of phenolic OH excluding ortho intramolecular Hbond substituents is 1. The van der Waals surface area contributed by atoms with E-state index in [0.717, 1.165) is 39.9 Å². The molecule has 4 rings (SSSR count). The third-order valence-electron chi connectivity index (χ3n) is 5.16. The average molecular weight is 410 g/mol. The Hall–Kier alpha value is -2.90. The van der Waals surface area contributed by atoms with Crippen LogP contribution in [0.2, 0.25) is 0 Å². The first kappa shape index (κ1) is 19.4. The minimum Gasteiger partial charge on any atom is -0.506 e. The Morgan fingerprint density at radius 2 is 1.76 bits per heavy atom. The lowest BCUT2D eigenvalue weighted by Crippen LogP contribution is -2.30. The number of phenols is 1. The van der Waals surface area contributed by atoms with Crippen LogP contribution in [0.15, 0.2) is 60.7 Å². The van der Waals surface area contributed by atoms with Crippen LogP contribution in [0.4, 0.5) is 5.69 Å². The zero-order valence-corrected chi connectivity index (χ0v) is 16.6. The maximum atomic E-state index is 12.3. The number of nitrogens with one attached hydrogen (secondary N) is 1. The van der Waals surface area contributed by atoms with Crippen LogP contribution in [0.5, 0.6) is 5.75 Å². The number of fused-ring (bicyclic) bond motifs is 1. The van der Waals surface area contributed by atoms with E-state index in [-0.39, 0.29) is 18.0 Å². The van der Waals surface area contributed by atoms with E-state index in [1.807, 2.05) is 36.4 Å². The molecule has 1 fully saturated rings. The molecule has 7 heteroatoms. The van der Waals surface area contributed by atoms with E-state index in [9.17, 15) is 18.3 Å². The number of carbonyl (C=O) groups is 1. The fraction of sp³-hybridized carbons (Fsp3) is 0.227. The van der Waals surface area contributed by atoms with Crippen LogP contribution >= 0.6 is 0 Å². The highest BCUT2D eigenvalue weighted by Crippen LogP contribution is 2.35. The molecular weight excluding hydrogens is 388 g/mol. The fourth-order valence-electron chi connectivity index (χ4n) is 3.69. The number of benzene rings is 3. The second-order valence-corrected chi connectivity index (χ2v) is 8.88. The van der Waals surface area contributed by atoms with E-state index >= 15 is 0 Å². The summed E-state index contributed by atoms with van der Waals surface area (Å²) in [5.41, 5.74) is 2.63. The third kappa shape index (κ3) is 4.11. The SMILES string of the molecule is O=CC1CN(c2cc3cc(CCCc4ccccc4)ccc3cc2O)S(=O)(=O)N1. The Labute approximate surface area is 170 Å². The Bertz CT molecular complexity index is 1150. The van der Waals surface area contributed by atoms with Gasteiger partial charge in [-0.3, -0.25) is 4.31 Å². The van der Waals surface area contributed by atoms with Crippen molar-refractivity contribution in [1.29, 1.82) is 0 Å². The van der Waals surface area contributed by atoms with Gasteiger partial charge in [-0.1, -0.05) is 48.5 Å². The van der Waals surface area contributed by atoms with Crippen molar-refractivity contribution in [2.45, 2.75) is 25.3 Å². The van der Waals surface area contributed by atoms with Crippen molar-refractivity contribution in [3.8, 4) is 5.75 Å². The van der Waals surface area contributed by atoms with E-state index in [4.69, 9.17) is 0 Å². The topological polar surface area (TPSA) is 86.7 Å². The molecule has 0 aromatic heterocycles. The maximum Gasteiger partial charge on any atom is 0.302 e. The van der Waals surface area contributed by atoms with Gasteiger partial charge in [-0.15, -0.1) is 0 Å². The summed E-state index contributed by atoms with van der Waals surface area (Å²) in [7, 11) is -3.86. The van der Waals surface area contributed by atoms with Crippen LogP contribution in [0.1, 0.15) is 17.5 Å². The molecule has 1 heterocycles. The Kier molecular flexibility index (Phi) is 5.25. The van der Waals surface area contributed by atoms with Crippen molar-refractivity contribution in [3.63, 3.8) is 0 Å². The average Bonchev–Trinajstić information content (AvgIpc) is 3.03. The van der Waals surface area contributed by atoms with E-state index in [1.54, 1.807) is 12.1 Å². The molecule has 0 bridgehead atoms. The zero-order chi connectivity index (χ0) is 20.4. The molecule has 3 aromatic carbocycles. The molecule has 1 atom stereocenters. The van der Waals surface area contributed by atoms with Gasteiger partial charge in [-0.05, 0) is 53.3 Å². The summed E-state index contributed by atoms with van der Waals surface area (Å²) in [4.78, 5) is 11.0. The predicted molar refractivity (Wildman–Crippen MR) is 113 cm³/mol. The molecule has 1 unspecified atom stereocenters. The quantitative estimate of drug-likeness (QED) is 0.612. The number of aldehydes is 1. The molecule has 0 spiro atoms. The summed E-state index contributed by atoms with van der Waals surface area (Å²) in [5.74, 6) is -0.133. The van der Waals surface area contributed by atoms with Crippen LogP contribution in [0.25, 0.3) is 10.8 Å². The van der Waals surface area contributed by atoms with Gasteiger partial charge in [0, 0.05) is 0 Å². The third-order valence-corrected chi connectivity index (χ3v) is 6.68. The Balaban J connectivity index is 1.58. The van der Waals surface area contributed by atoms with Gasteiger partial charge in [0.15, 0.2) is 0 Å². The van der Waals surface area contributed by atoms with Gasteiger partial charge in [0.2, 0.25) is 0 Å². The lowest BCUT2D eigenvalue weighted by molar-refractivity contribution is -0.108. The highest BCUT2D eigenvalue weighted by atomic mass is 32.2. The number of hydrogen-bond donors (Lipinski definition) is 2. The molecule has 1 aliphatic rings. The minimum atomic E-state index is -3.86. The number of nitrogens with zero attached hydrogens (tertiary/aromatic N) is 1. The molecular formula is C22H22N2O4S. The van der Waals surface area contributed by atoms with Gasteiger partial charge < -0.3 is 9.90 Å². The molecule has 150 valence electrons. The number of aryl methyl sites for hydroxylation is 2. The Morgan fingerprint density at radius 1 is 1.00 bits per heavy atom. The molecule has 3 aromatic rings. The second-order valence-electron chi connectivity index (χ2n) is 7.26. The summed E-state index contributed by atoms with van der Waals surface area (Å²) in [6.45, 7) is -0.0400. The van der Waals surface area contributed by atoms with Gasteiger partial charge in [-0.25, -0.2) is 0 Å². The number of anilines is 1. The van der Waals surface area contributed by atoms with Gasteiger partial charge in [0.1, 0.15) is 12.0 Å². The highest BCUT2D eigenvalue weighted by Gasteiger charge is 2.36. The Morgan fingerprint density at radius 3 is 2.48 bits per heavy atom. The summed E-state index contributed by atoms with van der Waals surface area (Å²) in [5, 5.41) is 12.0. The largest absolute Gasteiger partial charge is 0.506 e. The fourth-order valence-corrected chi connectivity index (χ4v) is 5.09. The number of hydrogen-bond acceptors (Lipinski definition) is 4. The van der Waals surface area contributed by atoms with Crippen molar-refractivity contribution >= 4 is 33.0 Å². The van der Waals surface area contributed by atoms with Gasteiger partial charge in [0.25, 0.3) is 0 Å². The zero-order valence-electron chi connectivity index (χ0n) is 15.8. The number of carbonyl (C=O) groups excluding carboxylic acids is 1. The van der Waals surface area contributed by atoms with Crippen LogP contribution in [0, 0.1) is 0 Å². The van der Waals surface area contributed by atoms with E-state index < -0.39 is 16.3 Å². The summed E-state index contributed by atoms with van der Waals surface area (Å²) in [6, 6.07) is 18.7. The van der Waals surface area contributed by atoms with E-state index in [1.165, 1.54) is 5.56 Å². The van der Waals surface area contributed by atoms with Crippen LogP contribution < -0.4 is 9.03 Å². The van der Waals surface area contributed by atoms with Crippen LogP contribution in [0.3, 0.4) is 0 Å². The number of rotatable bonds is 6. The maximum absolute atomic E-state index is 12.3. The first-order valence-electron chi connectivity index (χ1n) is 9.51. The summed E-state index contributed by atoms with van der Waals surface area (Å²) in [6.07, 6.45) is 3.45. The summed E-state index contributed by atoms with van der Waals surface area (Å²) < 4.78 is 27.9. The lowest BCUT2D eigenvalue weighted by Gasteiger charge is -2.18. The lowest BCUT2D eigenvalue weighted by atomic mass is 10.0. The van der Waals surface area contributed by atoms with Crippen molar-refractivity contribution < 1.29 is 18.3 Å². The molecule has 0 aliphatic carbocycles. The standard InChI is InChI=1S/C22H22N2O4S/c25-15-20-14-24(29(27,28)23-20)21-12-19-11-17(9-10-18(19)13-22(21)26)8-4-7-16-5-2-1-3-6-16/h1-3,5-6,9-13,15,20,23,26H,4,7-8,14H2. The predicted octanol–water partition coefficient (Wildman–Crippen LogP) is 2.94. The molecule has 2 N–H and O–H groups in total. The second kappa shape index (κ2) is 7.85. The summed E-state index contributed by atoms with van der Waals surface area (Å²) >= 11 is 0. The van der Waals surface area contributed by atoms with Crippen molar-refractivity contribution in [3.05, 3.63) is 71.8 Å². The van der Waals surface area contributed by atoms with E-state index in [2.05, 4.69) is 16.9 Å². The van der Waals surface area contributed by atoms with Gasteiger partial charge in [0.05, 0.1) is 18.3 Å². The normalized spacial score (nSPS) is 18.2. The minimum absolute atomic E-state index is 0.0400. The van der Waals surface area contributed by atoms with Gasteiger partial charge in [-0.2, -0.15) is 13.1 Å². The molecule has 0 radical (unpaired) electrons. The van der Waals surface area contributed by atoms with Crippen LogP contribution in [-0.2, 0) is 27.8 Å².